The summed E-state index contributed by atoms with van der Waals surface area (Å²) < 4.78 is 121. The molecule has 2 aromatic rings. The highest BCUT2D eigenvalue weighted by Crippen LogP contribution is 2.50. The van der Waals surface area contributed by atoms with Gasteiger partial charge in [-0.2, -0.15) is 13.0 Å². The van der Waals surface area contributed by atoms with Gasteiger partial charge in [0, 0.05) is 83.6 Å². The summed E-state index contributed by atoms with van der Waals surface area (Å²) in [5.41, 5.74) is 3.81. The van der Waals surface area contributed by atoms with Crippen LogP contribution < -0.4 is 4.90 Å². The van der Waals surface area contributed by atoms with Gasteiger partial charge in [0.2, 0.25) is 5.69 Å². The highest BCUT2D eigenvalue weighted by molar-refractivity contribution is 7.86. The molecule has 0 fully saturated rings. The Bertz CT molecular complexity index is 2550. The number of carbonyl (C=O) groups is 3. The van der Waals surface area contributed by atoms with E-state index in [1.807, 2.05) is 70.4 Å². The quantitative estimate of drug-likeness (QED) is 0.0803. The van der Waals surface area contributed by atoms with Crippen LogP contribution in [-0.4, -0.2) is 103 Å². The Labute approximate surface area is 365 Å². The Morgan fingerprint density at radius 1 is 0.806 bits per heavy atom. The summed E-state index contributed by atoms with van der Waals surface area (Å²) in [4.78, 5) is 40.0. The predicted octanol–water partition coefficient (Wildman–Crippen LogP) is 5.09. The zero-order valence-electron chi connectivity index (χ0n) is 35.2. The molecular formula is C40H52N2O16S4. The number of unbranched alkanes of at least 4 members (excludes halogenated alkanes) is 2. The molecule has 2 aliphatic rings. The van der Waals surface area contributed by atoms with Crippen molar-refractivity contribution < 1.29 is 75.3 Å². The van der Waals surface area contributed by atoms with Crippen molar-refractivity contribution in [2.24, 2.45) is 0 Å². The van der Waals surface area contributed by atoms with Crippen molar-refractivity contribution in [3.05, 3.63) is 76.5 Å². The zero-order valence-corrected chi connectivity index (χ0v) is 38.5. The molecule has 0 bridgehead atoms. The SMILES string of the molecule is CCCC(=O)c1cc(C(=O)CCC)c2c(c1)N(CCCCCC(=O)O)C(=CC=CC1=[N+](CCCS(=O)(=O)[O-])c3ccc(S(=O)(=O)O)cc3C1(C)C)C2(C)C.O=S(=O)=O.O=S(=O)=O. The van der Waals surface area contributed by atoms with Crippen LogP contribution in [0.3, 0.4) is 0 Å². The molecule has 0 saturated heterocycles. The maximum absolute atomic E-state index is 13.7. The van der Waals surface area contributed by atoms with E-state index >= 15 is 0 Å². The molecule has 18 nitrogen and oxygen atoms in total. The average molecular weight is 945 g/mol. The summed E-state index contributed by atoms with van der Waals surface area (Å²) in [5.74, 6) is -1.55. The Balaban J connectivity index is 0.00000152. The van der Waals surface area contributed by atoms with Crippen molar-refractivity contribution in [1.82, 2.24) is 0 Å². The first-order chi connectivity index (χ1) is 28.6. The monoisotopic (exact) mass is 944 g/mol. The van der Waals surface area contributed by atoms with Gasteiger partial charge in [0.05, 0.1) is 20.4 Å². The lowest BCUT2D eigenvalue weighted by atomic mass is 9.78. The molecule has 4 rings (SSSR count). The first-order valence-corrected chi connectivity index (χ1v) is 24.5. The van der Waals surface area contributed by atoms with Crippen LogP contribution in [0, 0.1) is 0 Å². The van der Waals surface area contributed by atoms with Crippen molar-refractivity contribution in [1.29, 1.82) is 0 Å². The van der Waals surface area contributed by atoms with Gasteiger partial charge >= 0.3 is 27.2 Å². The lowest BCUT2D eigenvalue weighted by Gasteiger charge is -2.27. The molecule has 0 aromatic heterocycles. The second-order valence-electron chi connectivity index (χ2n) is 15.5. The van der Waals surface area contributed by atoms with Gasteiger partial charge in [0.15, 0.2) is 17.3 Å². The van der Waals surface area contributed by atoms with Gasteiger partial charge in [-0.25, -0.2) is 8.42 Å². The van der Waals surface area contributed by atoms with Gasteiger partial charge in [-0.1, -0.05) is 40.2 Å². The summed E-state index contributed by atoms with van der Waals surface area (Å²) >= 11 is 0. The van der Waals surface area contributed by atoms with E-state index in [4.69, 9.17) is 25.3 Å². The van der Waals surface area contributed by atoms with E-state index in [9.17, 15) is 45.4 Å². The van der Waals surface area contributed by atoms with Gasteiger partial charge in [0.25, 0.3) is 10.1 Å². The van der Waals surface area contributed by atoms with Crippen molar-refractivity contribution in [2.45, 2.75) is 115 Å². The fourth-order valence-electron chi connectivity index (χ4n) is 7.65. The van der Waals surface area contributed by atoms with E-state index in [2.05, 4.69) is 4.90 Å². The number of fused-ring (bicyclic) bond motifs is 2. The number of rotatable bonds is 19. The highest BCUT2D eigenvalue weighted by atomic mass is 32.2. The summed E-state index contributed by atoms with van der Waals surface area (Å²) in [6.07, 6.45) is 9.48. The largest absolute Gasteiger partial charge is 0.748 e. The van der Waals surface area contributed by atoms with Crippen LogP contribution in [0.5, 0.6) is 0 Å². The van der Waals surface area contributed by atoms with Gasteiger partial charge in [0.1, 0.15) is 6.54 Å². The van der Waals surface area contributed by atoms with Gasteiger partial charge < -0.3 is 14.6 Å². The van der Waals surface area contributed by atoms with E-state index in [1.54, 1.807) is 12.1 Å². The molecular weight excluding hydrogens is 893 g/mol. The third-order valence-electron chi connectivity index (χ3n) is 10.3. The topological polar surface area (TPSA) is 292 Å². The molecule has 0 atom stereocenters. The van der Waals surface area contributed by atoms with Crippen LogP contribution in [0.15, 0.2) is 59.2 Å². The Morgan fingerprint density at radius 3 is 1.92 bits per heavy atom. The maximum Gasteiger partial charge on any atom is 0.425 e. The number of carboxylic acid groups (broad SMARTS) is 1. The van der Waals surface area contributed by atoms with E-state index in [0.29, 0.717) is 79.6 Å². The molecule has 2 heterocycles. The Morgan fingerprint density at radius 2 is 1.39 bits per heavy atom. The number of Topliss-reactive ketones (excluding diaryl/α,β-unsaturated/α-hetero) is 2. The number of benzene rings is 2. The number of nitrogens with zero attached hydrogens (tertiary/aromatic N) is 2. The van der Waals surface area contributed by atoms with Crippen LogP contribution in [0.25, 0.3) is 0 Å². The third-order valence-corrected chi connectivity index (χ3v) is 11.9. The normalized spacial score (nSPS) is 15.6. The second kappa shape index (κ2) is 22.6. The first kappa shape index (κ1) is 53.4. The van der Waals surface area contributed by atoms with Crippen molar-refractivity contribution >= 4 is 76.1 Å². The van der Waals surface area contributed by atoms with Gasteiger partial charge in [-0.3, -0.25) is 18.9 Å². The molecule has 2 aliphatic heterocycles. The number of anilines is 1. The number of hydrogen-bond acceptors (Lipinski definition) is 15. The van der Waals surface area contributed by atoms with E-state index in [-0.39, 0.29) is 35.8 Å². The van der Waals surface area contributed by atoms with Crippen LogP contribution in [0.4, 0.5) is 11.4 Å². The Kier molecular flexibility index (Phi) is 19.4. The second-order valence-corrected chi connectivity index (χ2v) is 19.3. The summed E-state index contributed by atoms with van der Waals surface area (Å²) in [5, 5.41) is 9.18. The van der Waals surface area contributed by atoms with Crippen LogP contribution >= 0.6 is 0 Å². The number of hydrogen-bond donors (Lipinski definition) is 2. The summed E-state index contributed by atoms with van der Waals surface area (Å²) in [7, 11) is -15.2. The van der Waals surface area contributed by atoms with Crippen molar-refractivity contribution in [2.75, 3.05) is 23.7 Å². The van der Waals surface area contributed by atoms with Gasteiger partial charge in [-0.15, -0.1) is 25.3 Å². The van der Waals surface area contributed by atoms with E-state index in [1.165, 1.54) is 12.1 Å². The number of carbonyl (C=O) groups excluding carboxylic acids is 2. The zero-order chi connectivity index (χ0) is 47.4. The number of ketones is 2. The molecule has 342 valence electrons. The summed E-state index contributed by atoms with van der Waals surface area (Å²) in [6, 6.07) is 7.83. The van der Waals surface area contributed by atoms with Crippen LogP contribution in [0.1, 0.15) is 131 Å². The molecule has 0 aliphatic carbocycles. The maximum atomic E-state index is 13.7. The van der Waals surface area contributed by atoms with Gasteiger partial charge in [-0.05, 0) is 75.4 Å². The minimum Gasteiger partial charge on any atom is -0.748 e. The van der Waals surface area contributed by atoms with Crippen molar-refractivity contribution in [3.8, 4) is 0 Å². The number of allylic oxidation sites excluding steroid dienone is 4. The summed E-state index contributed by atoms with van der Waals surface area (Å²) in [6.45, 7) is 12.3. The smallest absolute Gasteiger partial charge is 0.425 e. The molecule has 0 amide bonds. The van der Waals surface area contributed by atoms with Crippen molar-refractivity contribution in [3.63, 3.8) is 0 Å². The standard InChI is InChI=1S/C40H52N2O10S2.2O3S/c1-7-14-33(43)27-24-29(34(44)15-8-2)38-32(25-27)42(21-11-9-10-18-37(45)46)36(40(38,5)6)17-12-16-35-39(3,4)30-26-28(54(50,51)52)19-20-31(30)41(35)22-13-23-53(47,48)49;2*1-4(2)3/h12,16-17,19-20,24-26H,7-11,13-15,18,21-23H2,1-6H3,(H2-,45,46,47,48,49,50,51,52);;. The fourth-order valence-corrected chi connectivity index (χ4v) is 8.64. The molecule has 0 radical (unpaired) electrons. The molecule has 2 N–H and O–H groups in total. The van der Waals surface area contributed by atoms with E-state index < -0.39 is 64.0 Å². The van der Waals surface area contributed by atoms with Crippen LogP contribution in [0.2, 0.25) is 0 Å². The minimum absolute atomic E-state index is 0.0193. The lowest BCUT2D eigenvalue weighted by Crippen LogP contribution is -2.29. The molecule has 22 heteroatoms. The van der Waals surface area contributed by atoms with E-state index in [0.717, 1.165) is 16.9 Å². The van der Waals surface area contributed by atoms with Crippen LogP contribution in [-0.2, 0) is 57.1 Å². The molecule has 0 unspecified atom stereocenters. The first-order valence-electron chi connectivity index (χ1n) is 19.5. The highest BCUT2D eigenvalue weighted by Gasteiger charge is 2.46. The Hall–Kier alpha value is -4.74. The number of aliphatic carboxylic acids is 1. The fraction of sp³-hybridized carbons (Fsp3) is 0.500. The lowest BCUT2D eigenvalue weighted by molar-refractivity contribution is -0.437. The molecule has 2 aromatic carbocycles. The number of carboxylic acids is 1. The predicted molar refractivity (Wildman–Crippen MR) is 226 cm³/mol. The minimum atomic E-state index is -4.52. The molecule has 62 heavy (non-hydrogen) atoms. The molecule has 0 spiro atoms. The molecule has 0 saturated carbocycles. The third kappa shape index (κ3) is 14.7. The average Bonchev–Trinajstić information content (AvgIpc) is 3.47.